The van der Waals surface area contributed by atoms with Gasteiger partial charge >= 0.3 is 0 Å². The molecule has 1 unspecified atom stereocenters. The molecule has 2 nitrogen and oxygen atoms in total. The molecule has 0 saturated carbocycles. The number of nitrogens with zero attached hydrogens (tertiary/aromatic N) is 2. The zero-order valence-electron chi connectivity index (χ0n) is 22.6. The van der Waals surface area contributed by atoms with Crippen LogP contribution in [0.25, 0.3) is 0 Å². The average Bonchev–Trinajstić information content (AvgIpc) is 3.19. The number of unbranched alkanes of at least 4 members (excludes halogenated alkanes) is 18. The van der Waals surface area contributed by atoms with E-state index in [1.807, 2.05) is 0 Å². The van der Waals surface area contributed by atoms with Crippen molar-refractivity contribution < 1.29 is 0 Å². The van der Waals surface area contributed by atoms with E-state index < -0.39 is 0 Å². The van der Waals surface area contributed by atoms with E-state index in [-0.39, 0.29) is 0 Å². The van der Waals surface area contributed by atoms with Gasteiger partial charge in [0, 0.05) is 25.5 Å². The van der Waals surface area contributed by atoms with Gasteiger partial charge in [0.05, 0.1) is 0 Å². The molecule has 1 aliphatic rings. The average molecular weight is 449 g/mol. The predicted molar refractivity (Wildman–Crippen MR) is 145 cm³/mol. The fraction of sp³-hybridized carbons (Fsp3) is 0.933. The standard InChI is InChI=1S/C30H60N2/c1-4-7-10-12-14-15-16-17-18-20-22-24-27-32-29-28-31(26-9-6-3)30(32)25-23-21-19-13-11-8-5-2/h28-30H,4-27H2,1-3H3. The molecular weight excluding hydrogens is 388 g/mol. The van der Waals surface area contributed by atoms with E-state index in [9.17, 15) is 0 Å². The Hall–Kier alpha value is -0.660. The van der Waals surface area contributed by atoms with Crippen molar-refractivity contribution in [1.82, 2.24) is 9.80 Å². The first-order chi connectivity index (χ1) is 15.8. The van der Waals surface area contributed by atoms with Gasteiger partial charge in [-0.2, -0.15) is 0 Å². The monoisotopic (exact) mass is 448 g/mol. The Kier molecular flexibility index (Phi) is 20.3. The van der Waals surface area contributed by atoms with Gasteiger partial charge in [-0.15, -0.1) is 0 Å². The van der Waals surface area contributed by atoms with Crippen molar-refractivity contribution in [3.05, 3.63) is 12.4 Å². The highest BCUT2D eigenvalue weighted by Crippen LogP contribution is 2.23. The van der Waals surface area contributed by atoms with Gasteiger partial charge in [0.2, 0.25) is 0 Å². The smallest absolute Gasteiger partial charge is 0.101 e. The maximum atomic E-state index is 2.67. The molecule has 1 rings (SSSR count). The topological polar surface area (TPSA) is 6.48 Å². The van der Waals surface area contributed by atoms with Crippen molar-refractivity contribution in [2.45, 2.75) is 168 Å². The molecule has 0 bridgehead atoms. The second-order valence-electron chi connectivity index (χ2n) is 10.4. The first kappa shape index (κ1) is 29.4. The largest absolute Gasteiger partial charge is 0.356 e. The molecule has 0 fully saturated rings. The Morgan fingerprint density at radius 3 is 1.19 bits per heavy atom. The Labute approximate surface area is 203 Å². The fourth-order valence-electron chi connectivity index (χ4n) is 5.10. The van der Waals surface area contributed by atoms with Crippen molar-refractivity contribution in [2.24, 2.45) is 0 Å². The summed E-state index contributed by atoms with van der Waals surface area (Å²) in [7, 11) is 0. The summed E-state index contributed by atoms with van der Waals surface area (Å²) in [6, 6.07) is 0. The lowest BCUT2D eigenvalue weighted by Gasteiger charge is -2.33. The SMILES string of the molecule is CCCCCCCCCCCCCCN1C=CN(CCCC)C1CCCCCCCCC. The molecule has 1 aliphatic heterocycles. The van der Waals surface area contributed by atoms with Crippen LogP contribution in [-0.2, 0) is 0 Å². The predicted octanol–water partition coefficient (Wildman–Crippen LogP) is 10.0. The van der Waals surface area contributed by atoms with Crippen LogP contribution in [0.4, 0.5) is 0 Å². The minimum Gasteiger partial charge on any atom is -0.356 e. The summed E-state index contributed by atoms with van der Waals surface area (Å²) in [5.41, 5.74) is 0. The fourth-order valence-corrected chi connectivity index (χ4v) is 5.10. The van der Waals surface area contributed by atoms with Crippen LogP contribution in [0.3, 0.4) is 0 Å². The van der Waals surface area contributed by atoms with Crippen LogP contribution in [0.5, 0.6) is 0 Å². The molecule has 0 aliphatic carbocycles. The number of rotatable bonds is 24. The van der Waals surface area contributed by atoms with Gasteiger partial charge in [-0.25, -0.2) is 0 Å². The molecule has 0 saturated heterocycles. The molecule has 1 heterocycles. The van der Waals surface area contributed by atoms with E-state index in [1.165, 1.54) is 154 Å². The van der Waals surface area contributed by atoms with E-state index in [2.05, 4.69) is 43.0 Å². The van der Waals surface area contributed by atoms with Gasteiger partial charge in [-0.1, -0.05) is 136 Å². The van der Waals surface area contributed by atoms with Gasteiger partial charge in [0.1, 0.15) is 6.17 Å². The van der Waals surface area contributed by atoms with Gasteiger partial charge in [0.25, 0.3) is 0 Å². The Morgan fingerprint density at radius 2 is 0.750 bits per heavy atom. The summed E-state index contributed by atoms with van der Waals surface area (Å²) in [6.07, 6.45) is 36.6. The lowest BCUT2D eigenvalue weighted by atomic mass is 10.0. The third-order valence-electron chi connectivity index (χ3n) is 7.32. The van der Waals surface area contributed by atoms with Gasteiger partial charge in [-0.05, 0) is 25.7 Å². The highest BCUT2D eigenvalue weighted by atomic mass is 15.4. The first-order valence-electron chi connectivity index (χ1n) is 15.0. The highest BCUT2D eigenvalue weighted by molar-refractivity contribution is 4.96. The van der Waals surface area contributed by atoms with Crippen molar-refractivity contribution in [2.75, 3.05) is 13.1 Å². The summed E-state index contributed by atoms with van der Waals surface area (Å²) in [5.74, 6) is 0. The van der Waals surface area contributed by atoms with Crippen LogP contribution in [0.1, 0.15) is 162 Å². The van der Waals surface area contributed by atoms with Crippen LogP contribution < -0.4 is 0 Å². The molecule has 0 spiro atoms. The lowest BCUT2D eigenvalue weighted by Crippen LogP contribution is -2.39. The zero-order valence-corrected chi connectivity index (χ0v) is 22.6. The molecule has 32 heavy (non-hydrogen) atoms. The van der Waals surface area contributed by atoms with Crippen molar-refractivity contribution in [3.63, 3.8) is 0 Å². The summed E-state index contributed by atoms with van der Waals surface area (Å²) in [5, 5.41) is 0. The van der Waals surface area contributed by atoms with Gasteiger partial charge in [-0.3, -0.25) is 0 Å². The Morgan fingerprint density at radius 1 is 0.406 bits per heavy atom. The molecular formula is C30H60N2. The van der Waals surface area contributed by atoms with Crippen LogP contribution in [-0.4, -0.2) is 29.1 Å². The molecule has 0 N–H and O–H groups in total. The minimum absolute atomic E-state index is 0.643. The maximum absolute atomic E-state index is 2.67. The van der Waals surface area contributed by atoms with Crippen molar-refractivity contribution >= 4 is 0 Å². The van der Waals surface area contributed by atoms with E-state index in [4.69, 9.17) is 0 Å². The molecule has 0 amide bonds. The summed E-state index contributed by atoms with van der Waals surface area (Å²) < 4.78 is 0. The van der Waals surface area contributed by atoms with E-state index in [1.54, 1.807) is 0 Å². The van der Waals surface area contributed by atoms with Crippen LogP contribution in [0, 0.1) is 0 Å². The molecule has 0 radical (unpaired) electrons. The van der Waals surface area contributed by atoms with E-state index in [0.29, 0.717) is 6.17 Å². The first-order valence-corrected chi connectivity index (χ1v) is 15.0. The van der Waals surface area contributed by atoms with Crippen LogP contribution >= 0.6 is 0 Å². The second kappa shape index (κ2) is 22.1. The van der Waals surface area contributed by atoms with Crippen molar-refractivity contribution in [3.8, 4) is 0 Å². The van der Waals surface area contributed by atoms with Crippen molar-refractivity contribution in [1.29, 1.82) is 0 Å². The maximum Gasteiger partial charge on any atom is 0.101 e. The third kappa shape index (κ3) is 15.2. The summed E-state index contributed by atoms with van der Waals surface area (Å²) in [6.45, 7) is 9.43. The quantitative estimate of drug-likeness (QED) is 0.135. The molecule has 0 aromatic rings. The summed E-state index contributed by atoms with van der Waals surface area (Å²) in [4.78, 5) is 5.31. The zero-order chi connectivity index (χ0) is 23.1. The molecule has 1 atom stereocenters. The van der Waals surface area contributed by atoms with E-state index in [0.717, 1.165) is 0 Å². The summed E-state index contributed by atoms with van der Waals surface area (Å²) >= 11 is 0. The molecule has 2 heteroatoms. The second-order valence-corrected chi connectivity index (χ2v) is 10.4. The normalized spacial score (nSPS) is 15.9. The molecule has 0 aromatic carbocycles. The lowest BCUT2D eigenvalue weighted by molar-refractivity contribution is 0.136. The third-order valence-corrected chi connectivity index (χ3v) is 7.32. The van der Waals surface area contributed by atoms with Gasteiger partial charge in [0.15, 0.2) is 0 Å². The van der Waals surface area contributed by atoms with E-state index >= 15 is 0 Å². The minimum atomic E-state index is 0.643. The highest BCUT2D eigenvalue weighted by Gasteiger charge is 2.24. The molecule has 190 valence electrons. The number of hydrogen-bond acceptors (Lipinski definition) is 2. The Bertz CT molecular complexity index is 406. The number of hydrogen-bond donors (Lipinski definition) is 0. The van der Waals surface area contributed by atoms with Crippen LogP contribution in [0.2, 0.25) is 0 Å². The Balaban J connectivity index is 2.11. The van der Waals surface area contributed by atoms with Gasteiger partial charge < -0.3 is 9.80 Å². The van der Waals surface area contributed by atoms with Crippen LogP contribution in [0.15, 0.2) is 12.4 Å². The molecule has 0 aromatic heterocycles.